The fourth-order valence-electron chi connectivity index (χ4n) is 1.66. The van der Waals surface area contributed by atoms with Crippen LogP contribution in [0.5, 0.6) is 0 Å². The molecule has 0 radical (unpaired) electrons. The lowest BCUT2D eigenvalue weighted by Gasteiger charge is -2.24. The molecule has 1 aromatic heterocycles. The quantitative estimate of drug-likeness (QED) is 0.656. The second kappa shape index (κ2) is 4.34. The zero-order chi connectivity index (χ0) is 11.5. The number of piperidine rings is 1. The van der Waals surface area contributed by atoms with Crippen LogP contribution < -0.4 is 16.4 Å². The van der Waals surface area contributed by atoms with Crippen LogP contribution >= 0.6 is 0 Å². The van der Waals surface area contributed by atoms with Gasteiger partial charge in [-0.2, -0.15) is 0 Å². The lowest BCUT2D eigenvalue weighted by molar-refractivity contribution is -0.122. The van der Waals surface area contributed by atoms with E-state index >= 15 is 0 Å². The Morgan fingerprint density at radius 2 is 2.38 bits per heavy atom. The fourth-order valence-corrected chi connectivity index (χ4v) is 1.66. The number of hydrogen-bond donors (Lipinski definition) is 3. The summed E-state index contributed by atoms with van der Waals surface area (Å²) < 4.78 is 0. The highest BCUT2D eigenvalue weighted by Crippen LogP contribution is 2.17. The summed E-state index contributed by atoms with van der Waals surface area (Å²) in [5, 5.41) is 6.08. The summed E-state index contributed by atoms with van der Waals surface area (Å²) >= 11 is 0. The van der Waals surface area contributed by atoms with Gasteiger partial charge in [-0.25, -0.2) is 9.97 Å². The van der Waals surface area contributed by atoms with Gasteiger partial charge in [-0.3, -0.25) is 4.79 Å². The maximum atomic E-state index is 11.0. The highest BCUT2D eigenvalue weighted by Gasteiger charge is 2.18. The van der Waals surface area contributed by atoms with Gasteiger partial charge in [-0.15, -0.1) is 0 Å². The molecule has 6 nitrogen and oxygen atoms in total. The van der Waals surface area contributed by atoms with Gasteiger partial charge >= 0.3 is 0 Å². The smallest absolute Gasteiger partial charge is 0.220 e. The van der Waals surface area contributed by atoms with Crippen molar-refractivity contribution in [3.63, 3.8) is 0 Å². The van der Waals surface area contributed by atoms with E-state index in [2.05, 4.69) is 20.6 Å². The van der Waals surface area contributed by atoms with E-state index in [1.807, 2.05) is 6.92 Å². The molecule has 1 aliphatic heterocycles. The lowest BCUT2D eigenvalue weighted by atomic mass is 10.1. The van der Waals surface area contributed by atoms with Crippen molar-refractivity contribution in [3.8, 4) is 0 Å². The Morgan fingerprint density at radius 3 is 3.06 bits per heavy atom. The Labute approximate surface area is 93.7 Å². The topological polar surface area (TPSA) is 92.9 Å². The standard InChI is InChI=1S/C10H15N5O/c1-6-9(11)13-5-14-10(6)15-7-2-3-8(16)12-4-7/h5,7H,2-4H2,1H3,(H,12,16)(H3,11,13,14,15). The molecule has 1 aromatic rings. The van der Waals surface area contributed by atoms with Crippen molar-refractivity contribution in [1.82, 2.24) is 15.3 Å². The van der Waals surface area contributed by atoms with E-state index in [0.717, 1.165) is 17.8 Å². The van der Waals surface area contributed by atoms with Gasteiger partial charge in [0.15, 0.2) is 0 Å². The lowest BCUT2D eigenvalue weighted by Crippen LogP contribution is -2.42. The maximum absolute atomic E-state index is 11.0. The van der Waals surface area contributed by atoms with Crippen molar-refractivity contribution in [2.45, 2.75) is 25.8 Å². The maximum Gasteiger partial charge on any atom is 0.220 e. The average molecular weight is 221 g/mol. The van der Waals surface area contributed by atoms with Crippen LogP contribution in [0.4, 0.5) is 11.6 Å². The minimum atomic E-state index is 0.108. The van der Waals surface area contributed by atoms with E-state index in [9.17, 15) is 4.79 Å². The zero-order valence-electron chi connectivity index (χ0n) is 9.16. The number of nitrogen functional groups attached to an aromatic ring is 1. The van der Waals surface area contributed by atoms with Crippen LogP contribution in [0.1, 0.15) is 18.4 Å². The molecule has 0 aliphatic carbocycles. The fraction of sp³-hybridized carbons (Fsp3) is 0.500. The summed E-state index contributed by atoms with van der Waals surface area (Å²) in [4.78, 5) is 19.0. The van der Waals surface area contributed by atoms with Crippen molar-refractivity contribution < 1.29 is 4.79 Å². The number of aromatic nitrogens is 2. The summed E-state index contributed by atoms with van der Waals surface area (Å²) in [6, 6.07) is 0.214. The molecule has 1 saturated heterocycles. The normalized spacial score (nSPS) is 20.3. The summed E-state index contributed by atoms with van der Waals surface area (Å²) in [5.74, 6) is 1.34. The van der Waals surface area contributed by atoms with Crippen molar-refractivity contribution >= 4 is 17.5 Å². The number of nitrogens with zero attached hydrogens (tertiary/aromatic N) is 2. The molecular weight excluding hydrogens is 206 g/mol. The molecule has 0 bridgehead atoms. The monoisotopic (exact) mass is 221 g/mol. The molecule has 2 heterocycles. The summed E-state index contributed by atoms with van der Waals surface area (Å²) in [5.41, 5.74) is 6.53. The van der Waals surface area contributed by atoms with Crippen molar-refractivity contribution in [1.29, 1.82) is 0 Å². The minimum absolute atomic E-state index is 0.108. The van der Waals surface area contributed by atoms with Crippen LogP contribution in [0.2, 0.25) is 0 Å². The molecule has 6 heteroatoms. The van der Waals surface area contributed by atoms with Crippen molar-refractivity contribution in [3.05, 3.63) is 11.9 Å². The molecule has 86 valence electrons. The molecular formula is C10H15N5O. The molecule has 0 aromatic carbocycles. The van der Waals surface area contributed by atoms with Gasteiger partial charge in [0.1, 0.15) is 18.0 Å². The van der Waals surface area contributed by atoms with E-state index in [4.69, 9.17) is 5.73 Å². The second-order valence-corrected chi connectivity index (χ2v) is 3.92. The van der Waals surface area contributed by atoms with E-state index in [0.29, 0.717) is 18.8 Å². The minimum Gasteiger partial charge on any atom is -0.383 e. The Morgan fingerprint density at radius 1 is 1.56 bits per heavy atom. The first kappa shape index (κ1) is 10.7. The number of nitrogens with two attached hydrogens (primary N) is 1. The summed E-state index contributed by atoms with van der Waals surface area (Å²) in [6.07, 6.45) is 2.80. The molecule has 1 amide bonds. The molecule has 1 atom stereocenters. The van der Waals surface area contributed by atoms with Crippen LogP contribution in [0.15, 0.2) is 6.33 Å². The summed E-state index contributed by atoms with van der Waals surface area (Å²) in [6.45, 7) is 2.50. The Balaban J connectivity index is 2.04. The Hall–Kier alpha value is -1.85. The molecule has 2 rings (SSSR count). The van der Waals surface area contributed by atoms with Gasteiger partial charge in [0.25, 0.3) is 0 Å². The van der Waals surface area contributed by atoms with Gasteiger partial charge < -0.3 is 16.4 Å². The number of carbonyl (C=O) groups is 1. The van der Waals surface area contributed by atoms with Crippen LogP contribution in [-0.4, -0.2) is 28.5 Å². The van der Waals surface area contributed by atoms with Gasteiger partial charge in [0.2, 0.25) is 5.91 Å². The van der Waals surface area contributed by atoms with E-state index in [1.54, 1.807) is 0 Å². The average Bonchev–Trinajstić information content (AvgIpc) is 2.28. The molecule has 1 unspecified atom stereocenters. The van der Waals surface area contributed by atoms with Gasteiger partial charge in [0, 0.05) is 24.6 Å². The van der Waals surface area contributed by atoms with Gasteiger partial charge in [-0.1, -0.05) is 0 Å². The number of nitrogens with one attached hydrogen (secondary N) is 2. The molecule has 1 fully saturated rings. The molecule has 0 spiro atoms. The number of anilines is 2. The number of carbonyl (C=O) groups excluding carboxylic acids is 1. The third kappa shape index (κ3) is 2.21. The summed E-state index contributed by atoms with van der Waals surface area (Å²) in [7, 11) is 0. The first-order valence-corrected chi connectivity index (χ1v) is 5.27. The molecule has 4 N–H and O–H groups in total. The highest BCUT2D eigenvalue weighted by atomic mass is 16.1. The van der Waals surface area contributed by atoms with Crippen LogP contribution in [0.25, 0.3) is 0 Å². The zero-order valence-corrected chi connectivity index (χ0v) is 9.16. The van der Waals surface area contributed by atoms with Gasteiger partial charge in [-0.05, 0) is 13.3 Å². The molecule has 0 saturated carbocycles. The highest BCUT2D eigenvalue weighted by molar-refractivity contribution is 5.77. The van der Waals surface area contributed by atoms with Crippen molar-refractivity contribution in [2.75, 3.05) is 17.6 Å². The SMILES string of the molecule is Cc1c(N)ncnc1NC1CCC(=O)NC1. The van der Waals surface area contributed by atoms with Gasteiger partial charge in [0.05, 0.1) is 0 Å². The van der Waals surface area contributed by atoms with Crippen LogP contribution in [0, 0.1) is 6.92 Å². The first-order valence-electron chi connectivity index (χ1n) is 5.27. The van der Waals surface area contributed by atoms with Crippen LogP contribution in [-0.2, 0) is 4.79 Å². The second-order valence-electron chi connectivity index (χ2n) is 3.92. The Kier molecular flexibility index (Phi) is 2.89. The molecule has 1 aliphatic rings. The predicted octanol–water partition coefficient (Wildman–Crippen LogP) is 0.0577. The number of amides is 1. The van der Waals surface area contributed by atoms with Crippen LogP contribution in [0.3, 0.4) is 0 Å². The van der Waals surface area contributed by atoms with E-state index in [-0.39, 0.29) is 11.9 Å². The third-order valence-electron chi connectivity index (χ3n) is 2.73. The van der Waals surface area contributed by atoms with E-state index < -0.39 is 0 Å². The first-order chi connectivity index (χ1) is 7.66. The van der Waals surface area contributed by atoms with Crippen molar-refractivity contribution in [2.24, 2.45) is 0 Å². The number of rotatable bonds is 2. The third-order valence-corrected chi connectivity index (χ3v) is 2.73. The molecule has 16 heavy (non-hydrogen) atoms. The predicted molar refractivity (Wildman–Crippen MR) is 60.8 cm³/mol. The largest absolute Gasteiger partial charge is 0.383 e. The number of hydrogen-bond acceptors (Lipinski definition) is 5. The van der Waals surface area contributed by atoms with E-state index in [1.165, 1.54) is 6.33 Å². The Bertz CT molecular complexity index is 396.